The molecule has 6 heteroatoms. The molecule has 0 radical (unpaired) electrons. The van der Waals surface area contributed by atoms with Gasteiger partial charge in [-0.05, 0) is 6.54 Å². The number of nitrogens with one attached hydrogen (secondary N) is 1. The first-order chi connectivity index (χ1) is 8.85. The van der Waals surface area contributed by atoms with E-state index in [4.69, 9.17) is 4.74 Å². The van der Waals surface area contributed by atoms with Crippen LogP contribution in [0.3, 0.4) is 0 Å². The van der Waals surface area contributed by atoms with Gasteiger partial charge in [-0.2, -0.15) is 0 Å². The lowest BCUT2D eigenvalue weighted by atomic mass is 10.1. The number of aromatic nitrogens is 4. The molecule has 6 nitrogen and oxygen atoms in total. The lowest BCUT2D eigenvalue weighted by molar-refractivity contribution is 0.394. The van der Waals surface area contributed by atoms with Crippen LogP contribution in [0.25, 0.3) is 0 Å². The van der Waals surface area contributed by atoms with Crippen LogP contribution < -0.4 is 10.1 Å². The monoisotopic (exact) mass is 245 g/mol. The molecule has 0 spiro atoms. The highest BCUT2D eigenvalue weighted by molar-refractivity contribution is 5.23. The van der Waals surface area contributed by atoms with Gasteiger partial charge in [-0.1, -0.05) is 6.92 Å². The molecule has 0 saturated heterocycles. The molecule has 2 rings (SSSR count). The van der Waals surface area contributed by atoms with E-state index >= 15 is 0 Å². The summed E-state index contributed by atoms with van der Waals surface area (Å²) in [6.45, 7) is 2.83. The SMILES string of the molecule is CCNC(c1cnccn1)c1cc(OC)ncn1. The van der Waals surface area contributed by atoms with Crippen molar-refractivity contribution in [2.45, 2.75) is 13.0 Å². The molecule has 18 heavy (non-hydrogen) atoms. The van der Waals surface area contributed by atoms with Gasteiger partial charge >= 0.3 is 0 Å². The molecule has 0 amide bonds. The molecule has 0 saturated carbocycles. The van der Waals surface area contributed by atoms with Gasteiger partial charge in [0, 0.05) is 18.5 Å². The predicted octanol–water partition coefficient (Wildman–Crippen LogP) is 0.974. The molecular formula is C12H15N5O. The van der Waals surface area contributed by atoms with Crippen LogP contribution >= 0.6 is 0 Å². The zero-order valence-corrected chi connectivity index (χ0v) is 10.4. The first-order valence-electron chi connectivity index (χ1n) is 5.70. The summed E-state index contributed by atoms with van der Waals surface area (Å²) >= 11 is 0. The number of hydrogen-bond donors (Lipinski definition) is 1. The van der Waals surface area contributed by atoms with Gasteiger partial charge in [0.1, 0.15) is 6.33 Å². The molecule has 0 aliphatic rings. The van der Waals surface area contributed by atoms with E-state index in [0.717, 1.165) is 17.9 Å². The maximum absolute atomic E-state index is 5.10. The van der Waals surface area contributed by atoms with Gasteiger partial charge in [-0.25, -0.2) is 9.97 Å². The van der Waals surface area contributed by atoms with E-state index in [0.29, 0.717) is 5.88 Å². The average Bonchev–Trinajstić information content (AvgIpc) is 2.46. The highest BCUT2D eigenvalue weighted by atomic mass is 16.5. The zero-order chi connectivity index (χ0) is 12.8. The predicted molar refractivity (Wildman–Crippen MR) is 66.1 cm³/mol. The van der Waals surface area contributed by atoms with E-state index in [2.05, 4.69) is 25.3 Å². The van der Waals surface area contributed by atoms with Gasteiger partial charge in [0.15, 0.2) is 0 Å². The third-order valence-electron chi connectivity index (χ3n) is 2.46. The van der Waals surface area contributed by atoms with Crippen LogP contribution in [0.1, 0.15) is 24.4 Å². The van der Waals surface area contributed by atoms with Crippen LogP contribution in [0.5, 0.6) is 5.88 Å². The van der Waals surface area contributed by atoms with Crippen LogP contribution in [-0.2, 0) is 0 Å². The summed E-state index contributed by atoms with van der Waals surface area (Å²) in [6.07, 6.45) is 6.52. The van der Waals surface area contributed by atoms with Crippen molar-refractivity contribution in [2.24, 2.45) is 0 Å². The van der Waals surface area contributed by atoms with Crippen molar-refractivity contribution >= 4 is 0 Å². The lowest BCUT2D eigenvalue weighted by Gasteiger charge is -2.16. The maximum atomic E-state index is 5.10. The van der Waals surface area contributed by atoms with E-state index in [1.54, 1.807) is 31.8 Å². The van der Waals surface area contributed by atoms with Crippen molar-refractivity contribution in [3.8, 4) is 5.88 Å². The summed E-state index contributed by atoms with van der Waals surface area (Å²) in [6, 6.07) is 1.68. The normalized spacial score (nSPS) is 12.1. The van der Waals surface area contributed by atoms with Gasteiger partial charge in [0.05, 0.1) is 30.7 Å². The van der Waals surface area contributed by atoms with Crippen molar-refractivity contribution in [1.82, 2.24) is 25.3 Å². The molecular weight excluding hydrogens is 230 g/mol. The summed E-state index contributed by atoms with van der Waals surface area (Å²) < 4.78 is 5.10. The second-order valence-electron chi connectivity index (χ2n) is 3.61. The molecule has 0 aromatic carbocycles. The molecule has 0 aliphatic carbocycles. The number of ether oxygens (including phenoxy) is 1. The zero-order valence-electron chi connectivity index (χ0n) is 10.4. The molecule has 2 aromatic rings. The number of hydrogen-bond acceptors (Lipinski definition) is 6. The fourth-order valence-corrected chi connectivity index (χ4v) is 1.65. The molecule has 1 unspecified atom stereocenters. The fourth-order valence-electron chi connectivity index (χ4n) is 1.65. The minimum atomic E-state index is -0.111. The highest BCUT2D eigenvalue weighted by Gasteiger charge is 2.16. The summed E-state index contributed by atoms with van der Waals surface area (Å²) in [5, 5.41) is 3.32. The Hall–Kier alpha value is -2.08. The first kappa shape index (κ1) is 12.4. The standard InChI is InChI=1S/C12H15N5O/c1-3-14-12(10-7-13-4-5-15-10)9-6-11(18-2)17-8-16-9/h4-8,12,14H,3H2,1-2H3. The molecule has 0 bridgehead atoms. The maximum Gasteiger partial charge on any atom is 0.216 e. The molecule has 1 N–H and O–H groups in total. The van der Waals surface area contributed by atoms with E-state index in [1.807, 2.05) is 6.92 Å². The minimum absolute atomic E-state index is 0.111. The van der Waals surface area contributed by atoms with Gasteiger partial charge < -0.3 is 10.1 Å². The molecule has 0 aliphatic heterocycles. The lowest BCUT2D eigenvalue weighted by Crippen LogP contribution is -2.24. The van der Waals surface area contributed by atoms with E-state index in [-0.39, 0.29) is 6.04 Å². The van der Waals surface area contributed by atoms with Gasteiger partial charge in [-0.3, -0.25) is 9.97 Å². The largest absolute Gasteiger partial charge is 0.481 e. The van der Waals surface area contributed by atoms with E-state index in [1.165, 1.54) is 6.33 Å². The Balaban J connectivity index is 2.35. The van der Waals surface area contributed by atoms with Crippen molar-refractivity contribution in [3.05, 3.63) is 42.4 Å². The van der Waals surface area contributed by atoms with Gasteiger partial charge in [0.2, 0.25) is 5.88 Å². The summed E-state index contributed by atoms with van der Waals surface area (Å²) in [5.74, 6) is 0.534. The quantitative estimate of drug-likeness (QED) is 0.846. The molecule has 2 heterocycles. The van der Waals surface area contributed by atoms with Crippen LogP contribution in [0, 0.1) is 0 Å². The van der Waals surface area contributed by atoms with Gasteiger partial charge in [-0.15, -0.1) is 0 Å². The van der Waals surface area contributed by atoms with Crippen LogP contribution in [-0.4, -0.2) is 33.6 Å². The van der Waals surface area contributed by atoms with Crippen LogP contribution in [0.15, 0.2) is 31.0 Å². The first-order valence-corrected chi connectivity index (χ1v) is 5.70. The van der Waals surface area contributed by atoms with E-state index < -0.39 is 0 Å². The van der Waals surface area contributed by atoms with Crippen molar-refractivity contribution < 1.29 is 4.74 Å². The Morgan fingerprint density at radius 1 is 1.22 bits per heavy atom. The van der Waals surface area contributed by atoms with Crippen molar-refractivity contribution in [2.75, 3.05) is 13.7 Å². The van der Waals surface area contributed by atoms with E-state index in [9.17, 15) is 0 Å². The molecule has 94 valence electrons. The summed E-state index contributed by atoms with van der Waals surface area (Å²) in [5.41, 5.74) is 1.63. The second-order valence-corrected chi connectivity index (χ2v) is 3.61. The third kappa shape index (κ3) is 2.78. The Morgan fingerprint density at radius 3 is 2.78 bits per heavy atom. The smallest absolute Gasteiger partial charge is 0.216 e. The molecule has 0 fully saturated rings. The number of rotatable bonds is 5. The van der Waals surface area contributed by atoms with Crippen molar-refractivity contribution in [3.63, 3.8) is 0 Å². The third-order valence-corrected chi connectivity index (χ3v) is 2.46. The summed E-state index contributed by atoms with van der Waals surface area (Å²) in [4.78, 5) is 16.6. The highest BCUT2D eigenvalue weighted by Crippen LogP contribution is 2.19. The van der Waals surface area contributed by atoms with Crippen molar-refractivity contribution in [1.29, 1.82) is 0 Å². The average molecular weight is 245 g/mol. The fraction of sp³-hybridized carbons (Fsp3) is 0.333. The second kappa shape index (κ2) is 6.02. The Bertz CT molecular complexity index is 491. The topological polar surface area (TPSA) is 72.8 Å². The Labute approximate surface area is 105 Å². The van der Waals surface area contributed by atoms with Crippen LogP contribution in [0.2, 0.25) is 0 Å². The summed E-state index contributed by atoms with van der Waals surface area (Å²) in [7, 11) is 1.58. The molecule has 1 atom stereocenters. The minimum Gasteiger partial charge on any atom is -0.481 e. The van der Waals surface area contributed by atoms with Crippen LogP contribution in [0.4, 0.5) is 0 Å². The number of nitrogens with zero attached hydrogens (tertiary/aromatic N) is 4. The Kier molecular flexibility index (Phi) is 4.14. The molecule has 2 aromatic heterocycles. The number of methoxy groups -OCH3 is 1. The van der Waals surface area contributed by atoms with Gasteiger partial charge in [0.25, 0.3) is 0 Å². The Morgan fingerprint density at radius 2 is 2.11 bits per heavy atom.